The molecular formula is C10H10N2O2S. The van der Waals surface area contributed by atoms with Crippen molar-refractivity contribution in [1.29, 1.82) is 5.26 Å². The van der Waals surface area contributed by atoms with Crippen molar-refractivity contribution in [1.82, 2.24) is 4.98 Å². The molecule has 0 radical (unpaired) electrons. The van der Waals surface area contributed by atoms with Crippen molar-refractivity contribution < 1.29 is 9.53 Å². The Bertz CT molecular complexity index is 459. The molecule has 1 aromatic heterocycles. The van der Waals surface area contributed by atoms with E-state index in [0.29, 0.717) is 22.5 Å². The quantitative estimate of drug-likeness (QED) is 0.624. The molecule has 1 rings (SSSR count). The number of ether oxygens (including phenoxy) is 1. The minimum absolute atomic E-state index is 0.0862. The standard InChI is InChI=1S/C10H10N2O2S/c1-2-14-10(13)5-7-3-4-9(15)12-8(7)6-11/h3-4H,2,5H2,1H3,(H,12,15). The van der Waals surface area contributed by atoms with E-state index in [1.807, 2.05) is 6.07 Å². The van der Waals surface area contributed by atoms with Crippen LogP contribution in [-0.4, -0.2) is 17.6 Å². The SMILES string of the molecule is CCOC(=O)Cc1ccc(=S)[nH]c1C#N. The summed E-state index contributed by atoms with van der Waals surface area (Å²) in [5.74, 6) is -0.348. The van der Waals surface area contributed by atoms with Crippen molar-refractivity contribution >= 4 is 18.2 Å². The van der Waals surface area contributed by atoms with Gasteiger partial charge < -0.3 is 9.72 Å². The fourth-order valence-corrected chi connectivity index (χ4v) is 1.29. The molecule has 1 heterocycles. The lowest BCUT2D eigenvalue weighted by molar-refractivity contribution is -0.142. The Morgan fingerprint density at radius 2 is 2.40 bits per heavy atom. The molecule has 15 heavy (non-hydrogen) atoms. The number of nitrogens with zero attached hydrogens (tertiary/aromatic N) is 1. The van der Waals surface area contributed by atoms with Crippen LogP contribution in [0.4, 0.5) is 0 Å². The highest BCUT2D eigenvalue weighted by Crippen LogP contribution is 2.06. The van der Waals surface area contributed by atoms with Gasteiger partial charge >= 0.3 is 5.97 Å². The average Bonchev–Trinajstić information content (AvgIpc) is 2.21. The van der Waals surface area contributed by atoms with E-state index in [1.165, 1.54) is 0 Å². The van der Waals surface area contributed by atoms with Crippen LogP contribution in [0, 0.1) is 16.0 Å². The van der Waals surface area contributed by atoms with E-state index in [0.717, 1.165) is 0 Å². The number of nitriles is 1. The molecule has 0 amide bonds. The molecule has 0 aromatic carbocycles. The van der Waals surface area contributed by atoms with Gasteiger partial charge in [0.15, 0.2) is 0 Å². The van der Waals surface area contributed by atoms with Crippen molar-refractivity contribution in [2.75, 3.05) is 6.61 Å². The number of aromatic nitrogens is 1. The molecule has 4 nitrogen and oxygen atoms in total. The van der Waals surface area contributed by atoms with Gasteiger partial charge in [-0.1, -0.05) is 18.3 Å². The fourth-order valence-electron chi connectivity index (χ4n) is 1.12. The lowest BCUT2D eigenvalue weighted by Gasteiger charge is -2.03. The number of hydrogen-bond donors (Lipinski definition) is 1. The van der Waals surface area contributed by atoms with Crippen molar-refractivity contribution in [3.05, 3.63) is 28.0 Å². The van der Waals surface area contributed by atoms with Crippen molar-refractivity contribution in [3.63, 3.8) is 0 Å². The van der Waals surface area contributed by atoms with Gasteiger partial charge in [-0.2, -0.15) is 5.26 Å². The Labute approximate surface area is 92.5 Å². The van der Waals surface area contributed by atoms with Gasteiger partial charge in [-0.05, 0) is 18.6 Å². The average molecular weight is 222 g/mol. The molecule has 1 aromatic rings. The van der Waals surface area contributed by atoms with Crippen LogP contribution in [0.5, 0.6) is 0 Å². The van der Waals surface area contributed by atoms with Crippen LogP contribution in [0.1, 0.15) is 18.2 Å². The molecule has 0 aliphatic heterocycles. The summed E-state index contributed by atoms with van der Waals surface area (Å²) in [6.45, 7) is 2.07. The second kappa shape index (κ2) is 5.27. The predicted octanol–water partition coefficient (Wildman–Crippen LogP) is 1.72. The van der Waals surface area contributed by atoms with E-state index < -0.39 is 0 Å². The third-order valence-electron chi connectivity index (χ3n) is 1.76. The first-order valence-electron chi connectivity index (χ1n) is 4.45. The summed E-state index contributed by atoms with van der Waals surface area (Å²) in [5.41, 5.74) is 0.917. The topological polar surface area (TPSA) is 65.9 Å². The highest BCUT2D eigenvalue weighted by atomic mass is 32.1. The lowest BCUT2D eigenvalue weighted by atomic mass is 10.1. The Kier molecular flexibility index (Phi) is 4.01. The molecule has 1 N–H and O–H groups in total. The Hall–Kier alpha value is -1.67. The molecule has 78 valence electrons. The summed E-state index contributed by atoms with van der Waals surface area (Å²) in [5, 5.41) is 8.81. The zero-order valence-corrected chi connectivity index (χ0v) is 9.06. The third-order valence-corrected chi connectivity index (χ3v) is 2.00. The number of carbonyl (C=O) groups excluding carboxylic acids is 1. The van der Waals surface area contributed by atoms with Gasteiger partial charge in [-0.25, -0.2) is 0 Å². The monoisotopic (exact) mass is 222 g/mol. The lowest BCUT2D eigenvalue weighted by Crippen LogP contribution is -2.09. The normalized spacial score (nSPS) is 9.33. The zero-order chi connectivity index (χ0) is 11.3. The van der Waals surface area contributed by atoms with E-state index in [1.54, 1.807) is 19.1 Å². The molecule has 0 atom stereocenters. The Morgan fingerprint density at radius 3 is 3.00 bits per heavy atom. The molecular weight excluding hydrogens is 212 g/mol. The molecule has 0 aliphatic rings. The van der Waals surface area contributed by atoms with E-state index in [9.17, 15) is 4.79 Å². The summed E-state index contributed by atoms with van der Waals surface area (Å²) >= 11 is 4.87. The second-order valence-electron chi connectivity index (χ2n) is 2.82. The first kappa shape index (κ1) is 11.4. The van der Waals surface area contributed by atoms with Gasteiger partial charge in [0.25, 0.3) is 0 Å². The first-order valence-corrected chi connectivity index (χ1v) is 4.86. The number of H-pyrrole nitrogens is 1. The van der Waals surface area contributed by atoms with Crippen LogP contribution in [0.2, 0.25) is 0 Å². The summed E-state index contributed by atoms with van der Waals surface area (Å²) in [4.78, 5) is 13.9. The molecule has 0 saturated heterocycles. The summed E-state index contributed by atoms with van der Waals surface area (Å²) in [7, 11) is 0. The number of carbonyl (C=O) groups is 1. The molecule has 5 heteroatoms. The van der Waals surface area contributed by atoms with Crippen LogP contribution >= 0.6 is 12.2 Å². The van der Waals surface area contributed by atoms with Crippen molar-refractivity contribution in [2.45, 2.75) is 13.3 Å². The molecule has 0 unspecified atom stereocenters. The Balaban J connectivity index is 2.91. The minimum Gasteiger partial charge on any atom is -0.466 e. The summed E-state index contributed by atoms with van der Waals surface area (Å²) < 4.78 is 5.26. The Morgan fingerprint density at radius 1 is 1.67 bits per heavy atom. The third kappa shape index (κ3) is 3.18. The number of rotatable bonds is 3. The minimum atomic E-state index is -0.348. The zero-order valence-electron chi connectivity index (χ0n) is 8.24. The molecule has 0 spiro atoms. The van der Waals surface area contributed by atoms with Gasteiger partial charge in [-0.3, -0.25) is 4.79 Å². The maximum absolute atomic E-state index is 11.2. The highest BCUT2D eigenvalue weighted by molar-refractivity contribution is 7.71. The van der Waals surface area contributed by atoms with Crippen molar-refractivity contribution in [2.24, 2.45) is 0 Å². The summed E-state index contributed by atoms with van der Waals surface area (Å²) in [6, 6.07) is 5.26. The largest absolute Gasteiger partial charge is 0.466 e. The predicted molar refractivity (Wildman–Crippen MR) is 56.7 cm³/mol. The number of nitrogens with one attached hydrogen (secondary N) is 1. The molecule has 0 fully saturated rings. The van der Waals surface area contributed by atoms with Gasteiger partial charge in [0, 0.05) is 0 Å². The maximum atomic E-state index is 11.2. The first-order chi connectivity index (χ1) is 7.17. The van der Waals surface area contributed by atoms with E-state index >= 15 is 0 Å². The van der Waals surface area contributed by atoms with E-state index in [-0.39, 0.29) is 12.4 Å². The van der Waals surface area contributed by atoms with Gasteiger partial charge in [-0.15, -0.1) is 0 Å². The van der Waals surface area contributed by atoms with E-state index in [2.05, 4.69) is 4.98 Å². The fraction of sp³-hybridized carbons (Fsp3) is 0.300. The smallest absolute Gasteiger partial charge is 0.310 e. The number of hydrogen-bond acceptors (Lipinski definition) is 4. The number of esters is 1. The van der Waals surface area contributed by atoms with Crippen LogP contribution in [0.15, 0.2) is 12.1 Å². The van der Waals surface area contributed by atoms with Gasteiger partial charge in [0.1, 0.15) is 16.4 Å². The highest BCUT2D eigenvalue weighted by Gasteiger charge is 2.08. The van der Waals surface area contributed by atoms with Gasteiger partial charge in [0.05, 0.1) is 13.0 Å². The second-order valence-corrected chi connectivity index (χ2v) is 3.26. The number of aromatic amines is 1. The number of pyridine rings is 1. The van der Waals surface area contributed by atoms with Crippen LogP contribution in [0.25, 0.3) is 0 Å². The van der Waals surface area contributed by atoms with Crippen LogP contribution in [-0.2, 0) is 16.0 Å². The van der Waals surface area contributed by atoms with Crippen LogP contribution in [0.3, 0.4) is 0 Å². The molecule has 0 aliphatic carbocycles. The molecule has 0 saturated carbocycles. The maximum Gasteiger partial charge on any atom is 0.310 e. The summed E-state index contributed by atoms with van der Waals surface area (Å²) in [6.07, 6.45) is 0.0862. The van der Waals surface area contributed by atoms with Gasteiger partial charge in [0.2, 0.25) is 0 Å². The molecule has 0 bridgehead atoms. The van der Waals surface area contributed by atoms with E-state index in [4.69, 9.17) is 22.2 Å². The van der Waals surface area contributed by atoms with Crippen molar-refractivity contribution in [3.8, 4) is 6.07 Å². The van der Waals surface area contributed by atoms with Crippen LogP contribution < -0.4 is 0 Å².